The molecule has 0 spiro atoms. The third kappa shape index (κ3) is 5.95. The van der Waals surface area contributed by atoms with E-state index in [1.807, 2.05) is 0 Å². The molecule has 5 nitrogen and oxygen atoms in total. The Morgan fingerprint density at radius 2 is 1.82 bits per heavy atom. The summed E-state index contributed by atoms with van der Waals surface area (Å²) in [6.07, 6.45) is -3.86. The summed E-state index contributed by atoms with van der Waals surface area (Å²) in [6, 6.07) is 11.3. The molecule has 2 aromatic rings. The maximum absolute atomic E-state index is 13.7. The predicted molar refractivity (Wildman–Crippen MR) is 106 cm³/mol. The van der Waals surface area contributed by atoms with Gasteiger partial charge in [-0.15, -0.1) is 0 Å². The van der Waals surface area contributed by atoms with Crippen LogP contribution in [-0.2, 0) is 4.74 Å². The van der Waals surface area contributed by atoms with E-state index < -0.39 is 17.0 Å². The molecule has 0 aliphatic rings. The fraction of sp³-hybridized carbons (Fsp3) is 0.222. The van der Waals surface area contributed by atoms with Gasteiger partial charge in [-0.25, -0.2) is 4.79 Å². The molecule has 0 unspecified atom stereocenters. The Morgan fingerprint density at radius 1 is 1.18 bits per heavy atom. The normalized spacial score (nSPS) is 12.0. The smallest absolute Gasteiger partial charge is 0.428 e. The zero-order chi connectivity index (χ0) is 20.7. The quantitative estimate of drug-likeness (QED) is 0.326. The topological polar surface area (TPSA) is 59.9 Å². The number of amides is 2. The highest BCUT2D eigenvalue weighted by Crippen LogP contribution is 2.34. The van der Waals surface area contributed by atoms with Crippen LogP contribution in [0.5, 0.6) is 5.75 Å². The Bertz CT molecular complexity index is 863. The summed E-state index contributed by atoms with van der Waals surface area (Å²) in [4.78, 5) is 14.0. The van der Waals surface area contributed by atoms with Gasteiger partial charge in [-0.05, 0) is 31.2 Å². The van der Waals surface area contributed by atoms with Crippen molar-refractivity contribution in [3.8, 4) is 5.75 Å². The van der Waals surface area contributed by atoms with Crippen LogP contribution in [0.25, 0.3) is 0 Å². The Kier molecular flexibility index (Phi) is 7.86. The van der Waals surface area contributed by atoms with E-state index in [4.69, 9.17) is 39.5 Å². The number of halogens is 5. The zero-order valence-electron chi connectivity index (χ0n) is 14.5. The highest BCUT2D eigenvalue weighted by atomic mass is 35.5. The number of alkyl halides is 4. The molecule has 0 heterocycles. The number of para-hydroxylation sites is 2. The molecule has 2 rings (SSSR count). The summed E-state index contributed by atoms with van der Waals surface area (Å²) in [5, 5.41) is 2.69. The van der Waals surface area contributed by atoms with Gasteiger partial charge in [0.1, 0.15) is 5.75 Å². The third-order valence-corrected chi connectivity index (χ3v) is 4.05. The molecule has 0 bridgehead atoms. The minimum Gasteiger partial charge on any atom is -0.477 e. The first-order valence-corrected chi connectivity index (χ1v) is 9.21. The van der Waals surface area contributed by atoms with Gasteiger partial charge in [-0.1, -0.05) is 59.1 Å². The molecule has 0 aliphatic carbocycles. The number of urea groups is 1. The second-order valence-electron chi connectivity index (χ2n) is 5.22. The van der Waals surface area contributed by atoms with Gasteiger partial charge >= 0.3 is 12.1 Å². The highest BCUT2D eigenvalue weighted by Gasteiger charge is 2.40. The van der Waals surface area contributed by atoms with Crippen LogP contribution in [0.2, 0.25) is 5.02 Å². The number of nitrogens with one attached hydrogen (secondary N) is 1. The summed E-state index contributed by atoms with van der Waals surface area (Å²) in [6.45, 7) is 1.94. The first-order valence-electron chi connectivity index (χ1n) is 7.96. The van der Waals surface area contributed by atoms with Gasteiger partial charge in [-0.2, -0.15) is 13.8 Å². The SMILES string of the molecule is CCOC(=NC(=O)Nc1ccccc1OC(F)(F)C(Cl)Cl)c1ccccc1Cl. The Labute approximate surface area is 175 Å². The Hall–Kier alpha value is -2.09. The van der Waals surface area contributed by atoms with E-state index in [2.05, 4.69) is 15.0 Å². The van der Waals surface area contributed by atoms with E-state index in [0.29, 0.717) is 10.6 Å². The van der Waals surface area contributed by atoms with Gasteiger partial charge in [0, 0.05) is 0 Å². The lowest BCUT2D eigenvalue weighted by Gasteiger charge is -2.20. The summed E-state index contributed by atoms with van der Waals surface area (Å²) < 4.78 is 37.2. The van der Waals surface area contributed by atoms with Gasteiger partial charge in [0.05, 0.1) is 22.9 Å². The molecule has 2 amide bonds. The number of aliphatic imine (C=N–C) groups is 1. The molecule has 10 heteroatoms. The molecule has 0 aromatic heterocycles. The number of benzene rings is 2. The number of carbonyl (C=O) groups is 1. The van der Waals surface area contributed by atoms with E-state index in [1.165, 1.54) is 24.3 Å². The van der Waals surface area contributed by atoms with Crippen molar-refractivity contribution in [1.29, 1.82) is 0 Å². The predicted octanol–water partition coefficient (Wildman–Crippen LogP) is 6.13. The van der Waals surface area contributed by atoms with Crippen molar-refractivity contribution in [2.75, 3.05) is 11.9 Å². The third-order valence-electron chi connectivity index (χ3n) is 3.22. The van der Waals surface area contributed by atoms with E-state index in [0.717, 1.165) is 0 Å². The number of carbonyl (C=O) groups excluding carboxylic acids is 1. The fourth-order valence-electron chi connectivity index (χ4n) is 2.03. The average molecular weight is 452 g/mol. The van der Waals surface area contributed by atoms with Crippen molar-refractivity contribution in [3.63, 3.8) is 0 Å². The summed E-state index contributed by atoms with van der Waals surface area (Å²) in [7, 11) is 0. The number of nitrogens with zero attached hydrogens (tertiary/aromatic N) is 1. The van der Waals surface area contributed by atoms with Gasteiger partial charge in [-0.3, -0.25) is 0 Å². The van der Waals surface area contributed by atoms with E-state index in [1.54, 1.807) is 31.2 Å². The van der Waals surface area contributed by atoms with Crippen molar-refractivity contribution in [3.05, 3.63) is 59.1 Å². The van der Waals surface area contributed by atoms with Gasteiger partial charge in [0.25, 0.3) is 0 Å². The Morgan fingerprint density at radius 3 is 2.46 bits per heavy atom. The average Bonchev–Trinajstić information content (AvgIpc) is 2.63. The monoisotopic (exact) mass is 450 g/mol. The lowest BCUT2D eigenvalue weighted by Crippen LogP contribution is -2.32. The maximum Gasteiger partial charge on any atom is 0.428 e. The lowest BCUT2D eigenvalue weighted by atomic mass is 10.2. The molecule has 0 radical (unpaired) electrons. The van der Waals surface area contributed by atoms with Crippen molar-refractivity contribution >= 4 is 52.4 Å². The Balaban J connectivity index is 2.27. The second kappa shape index (κ2) is 9.91. The maximum atomic E-state index is 13.7. The number of anilines is 1. The first-order chi connectivity index (χ1) is 13.2. The van der Waals surface area contributed by atoms with Crippen molar-refractivity contribution in [2.45, 2.75) is 17.9 Å². The van der Waals surface area contributed by atoms with Crippen molar-refractivity contribution < 1.29 is 23.0 Å². The van der Waals surface area contributed by atoms with Crippen LogP contribution in [0.15, 0.2) is 53.5 Å². The molecule has 0 saturated carbocycles. The van der Waals surface area contributed by atoms with Crippen LogP contribution in [0.1, 0.15) is 12.5 Å². The van der Waals surface area contributed by atoms with E-state index in [-0.39, 0.29) is 23.9 Å². The van der Waals surface area contributed by atoms with Crippen molar-refractivity contribution in [2.24, 2.45) is 4.99 Å². The van der Waals surface area contributed by atoms with Gasteiger partial charge < -0.3 is 14.8 Å². The first kappa shape index (κ1) is 22.2. The fourth-order valence-corrected chi connectivity index (χ4v) is 2.33. The van der Waals surface area contributed by atoms with Crippen LogP contribution in [-0.4, -0.2) is 29.5 Å². The second-order valence-corrected chi connectivity index (χ2v) is 6.72. The molecule has 0 saturated heterocycles. The number of rotatable bonds is 6. The van der Waals surface area contributed by atoms with Crippen molar-refractivity contribution in [1.82, 2.24) is 0 Å². The molecule has 2 aromatic carbocycles. The summed E-state index contributed by atoms with van der Waals surface area (Å²) in [5.41, 5.74) is 0.351. The molecular weight excluding hydrogens is 437 g/mol. The van der Waals surface area contributed by atoms with Crippen LogP contribution in [0.3, 0.4) is 0 Å². The van der Waals surface area contributed by atoms with Crippen LogP contribution in [0.4, 0.5) is 19.3 Å². The summed E-state index contributed by atoms with van der Waals surface area (Å²) >= 11 is 16.5. The molecule has 0 aliphatic heterocycles. The largest absolute Gasteiger partial charge is 0.477 e. The molecule has 0 fully saturated rings. The molecule has 0 atom stereocenters. The number of ether oxygens (including phenoxy) is 2. The van der Waals surface area contributed by atoms with Gasteiger partial charge in [0.15, 0.2) is 0 Å². The highest BCUT2D eigenvalue weighted by molar-refractivity contribution is 6.44. The van der Waals surface area contributed by atoms with Crippen LogP contribution >= 0.6 is 34.8 Å². The van der Waals surface area contributed by atoms with E-state index >= 15 is 0 Å². The number of hydrogen-bond acceptors (Lipinski definition) is 3. The zero-order valence-corrected chi connectivity index (χ0v) is 16.7. The van der Waals surface area contributed by atoms with E-state index in [9.17, 15) is 13.6 Å². The minimum atomic E-state index is -3.86. The standard InChI is InChI=1S/C18H15Cl3F2N2O3/c1-2-27-15(11-7-3-4-8-12(11)19)25-17(26)24-13-9-5-6-10-14(13)28-18(22,23)16(20)21/h3-10,16H,2H2,1H3,(H,24,26). The minimum absolute atomic E-state index is 0.0177. The lowest BCUT2D eigenvalue weighted by molar-refractivity contribution is -0.163. The molecule has 28 heavy (non-hydrogen) atoms. The molecular formula is C18H15Cl3F2N2O3. The van der Waals surface area contributed by atoms with Crippen LogP contribution in [0, 0.1) is 0 Å². The van der Waals surface area contributed by atoms with Crippen LogP contribution < -0.4 is 10.1 Å². The molecule has 150 valence electrons. The number of hydrogen-bond donors (Lipinski definition) is 1. The summed E-state index contributed by atoms with van der Waals surface area (Å²) in [5.74, 6) is -0.353. The molecule has 1 N–H and O–H groups in total. The van der Waals surface area contributed by atoms with Gasteiger partial charge in [0.2, 0.25) is 10.7 Å².